The van der Waals surface area contributed by atoms with Gasteiger partial charge in [-0.05, 0) is 24.8 Å². The minimum Gasteiger partial charge on any atom is -0.447 e. The van der Waals surface area contributed by atoms with Gasteiger partial charge in [0.15, 0.2) is 0 Å². The predicted molar refractivity (Wildman–Crippen MR) is 99.2 cm³/mol. The molecule has 2 atom stereocenters. The molecule has 4 heteroatoms. The highest BCUT2D eigenvalue weighted by Gasteiger charge is 2.40. The summed E-state index contributed by atoms with van der Waals surface area (Å²) in [5.74, 6) is -0.293. The van der Waals surface area contributed by atoms with Crippen molar-refractivity contribution >= 4 is 12.0 Å². The highest BCUT2D eigenvalue weighted by molar-refractivity contribution is 5.94. The van der Waals surface area contributed by atoms with Crippen molar-refractivity contribution in [2.24, 2.45) is 5.92 Å². The summed E-state index contributed by atoms with van der Waals surface area (Å²) in [6.45, 7) is 6.21. The molecule has 4 nitrogen and oxygen atoms in total. The topological polar surface area (TPSA) is 46.6 Å². The van der Waals surface area contributed by atoms with Gasteiger partial charge in [0.1, 0.15) is 6.61 Å². The molecule has 1 unspecified atom stereocenters. The zero-order valence-electron chi connectivity index (χ0n) is 15.2. The van der Waals surface area contributed by atoms with Crippen molar-refractivity contribution in [3.05, 3.63) is 48.6 Å². The average molecular weight is 343 g/mol. The molecule has 0 spiro atoms. The van der Waals surface area contributed by atoms with E-state index < -0.39 is 6.09 Å². The quantitative estimate of drug-likeness (QED) is 0.455. The van der Waals surface area contributed by atoms with E-state index in [2.05, 4.69) is 13.5 Å². The van der Waals surface area contributed by atoms with E-state index in [0.717, 1.165) is 31.2 Å². The van der Waals surface area contributed by atoms with Crippen LogP contribution in [0.3, 0.4) is 0 Å². The number of benzene rings is 1. The number of hydrogen-bond donors (Lipinski definition) is 0. The maximum absolute atomic E-state index is 13.0. The van der Waals surface area contributed by atoms with Gasteiger partial charge in [0.2, 0.25) is 5.91 Å². The molecule has 0 radical (unpaired) electrons. The summed E-state index contributed by atoms with van der Waals surface area (Å²) in [6, 6.07) is 9.69. The van der Waals surface area contributed by atoms with Crippen molar-refractivity contribution in [3.63, 3.8) is 0 Å². The summed E-state index contributed by atoms with van der Waals surface area (Å²) in [5, 5.41) is 0. The molecule has 2 amide bonds. The largest absolute Gasteiger partial charge is 0.447 e. The van der Waals surface area contributed by atoms with Crippen LogP contribution in [0.15, 0.2) is 43.0 Å². The van der Waals surface area contributed by atoms with Gasteiger partial charge in [0, 0.05) is 5.92 Å². The lowest BCUT2D eigenvalue weighted by atomic mass is 9.95. The molecule has 2 rings (SSSR count). The molecule has 0 aliphatic carbocycles. The van der Waals surface area contributed by atoms with Gasteiger partial charge in [-0.25, -0.2) is 9.69 Å². The van der Waals surface area contributed by atoms with Crippen LogP contribution in [-0.4, -0.2) is 29.5 Å². The lowest BCUT2D eigenvalue weighted by Crippen LogP contribution is -2.43. The summed E-state index contributed by atoms with van der Waals surface area (Å²) in [7, 11) is 0. The number of amides is 2. The number of imide groups is 1. The van der Waals surface area contributed by atoms with E-state index in [0.29, 0.717) is 12.8 Å². The van der Waals surface area contributed by atoms with Crippen molar-refractivity contribution in [1.82, 2.24) is 4.90 Å². The molecule has 0 N–H and O–H groups in total. The van der Waals surface area contributed by atoms with Crippen LogP contribution in [-0.2, 0) is 16.0 Å². The number of hydrogen-bond acceptors (Lipinski definition) is 3. The lowest BCUT2D eigenvalue weighted by Gasteiger charge is -2.24. The van der Waals surface area contributed by atoms with Gasteiger partial charge in [-0.1, -0.05) is 69.0 Å². The predicted octanol–water partition coefficient (Wildman–Crippen LogP) is 4.74. The second kappa shape index (κ2) is 10.0. The fourth-order valence-corrected chi connectivity index (χ4v) is 3.32. The molecule has 0 saturated carbocycles. The van der Waals surface area contributed by atoms with Gasteiger partial charge < -0.3 is 4.74 Å². The van der Waals surface area contributed by atoms with Crippen LogP contribution in [0, 0.1) is 5.92 Å². The average Bonchev–Trinajstić information content (AvgIpc) is 2.98. The van der Waals surface area contributed by atoms with Gasteiger partial charge in [-0.3, -0.25) is 4.79 Å². The van der Waals surface area contributed by atoms with Gasteiger partial charge in [-0.2, -0.15) is 0 Å². The number of nitrogens with zero attached hydrogens (tertiary/aromatic N) is 1. The van der Waals surface area contributed by atoms with Crippen molar-refractivity contribution in [2.45, 2.75) is 57.9 Å². The van der Waals surface area contributed by atoms with E-state index in [1.807, 2.05) is 30.3 Å². The number of rotatable bonds is 10. The van der Waals surface area contributed by atoms with Gasteiger partial charge in [0.05, 0.1) is 6.04 Å². The third-order valence-corrected chi connectivity index (χ3v) is 4.72. The standard InChI is InChI=1S/C21H29NO3/c1-3-5-6-10-14-18(11-4-2)20(23)22-19(16-25-21(22)24)15-17-12-8-7-9-13-17/h4,7-9,12-13,18-19H,2-3,5-6,10-11,14-16H2,1H3/t18?,19-/m1/s1. The van der Waals surface area contributed by atoms with E-state index >= 15 is 0 Å². The lowest BCUT2D eigenvalue weighted by molar-refractivity contribution is -0.133. The third kappa shape index (κ3) is 5.45. The first-order chi connectivity index (χ1) is 12.2. The smallest absolute Gasteiger partial charge is 0.416 e. The molecule has 1 aliphatic heterocycles. The normalized spacial score (nSPS) is 18.0. The van der Waals surface area contributed by atoms with Crippen LogP contribution in [0.5, 0.6) is 0 Å². The molecule has 1 aliphatic rings. The number of allylic oxidation sites excluding steroid dienone is 1. The van der Waals surface area contributed by atoms with Gasteiger partial charge in [-0.15, -0.1) is 6.58 Å². The molecule has 1 fully saturated rings. The molecule has 1 aromatic carbocycles. The van der Waals surface area contributed by atoms with Crippen molar-refractivity contribution in [3.8, 4) is 0 Å². The highest BCUT2D eigenvalue weighted by Crippen LogP contribution is 2.24. The van der Waals surface area contributed by atoms with Crippen LogP contribution in [0.4, 0.5) is 4.79 Å². The van der Waals surface area contributed by atoms with Crippen LogP contribution in [0.2, 0.25) is 0 Å². The Morgan fingerprint density at radius 3 is 2.76 bits per heavy atom. The molecule has 25 heavy (non-hydrogen) atoms. The third-order valence-electron chi connectivity index (χ3n) is 4.72. The summed E-state index contributed by atoms with van der Waals surface area (Å²) in [5.41, 5.74) is 1.10. The fourth-order valence-electron chi connectivity index (χ4n) is 3.32. The van der Waals surface area contributed by atoms with Crippen LogP contribution in [0.25, 0.3) is 0 Å². The van der Waals surface area contributed by atoms with E-state index in [-0.39, 0.29) is 24.5 Å². The number of ether oxygens (including phenoxy) is 1. The van der Waals surface area contributed by atoms with Crippen molar-refractivity contribution < 1.29 is 14.3 Å². The van der Waals surface area contributed by atoms with E-state index in [9.17, 15) is 9.59 Å². The Morgan fingerprint density at radius 2 is 2.08 bits per heavy atom. The number of carbonyl (C=O) groups excluding carboxylic acids is 2. The van der Waals surface area contributed by atoms with Crippen LogP contribution >= 0.6 is 0 Å². The molecular weight excluding hydrogens is 314 g/mol. The number of carbonyl (C=O) groups is 2. The Hall–Kier alpha value is -2.10. The second-order valence-electron chi connectivity index (χ2n) is 6.70. The molecule has 136 valence electrons. The molecule has 1 heterocycles. The van der Waals surface area contributed by atoms with E-state index in [1.165, 1.54) is 11.3 Å². The minimum absolute atomic E-state index is 0.111. The first kappa shape index (κ1) is 19.2. The van der Waals surface area contributed by atoms with E-state index in [4.69, 9.17) is 4.74 Å². The Balaban J connectivity index is 2.03. The number of cyclic esters (lactones) is 1. The summed E-state index contributed by atoms with van der Waals surface area (Å²) < 4.78 is 5.18. The van der Waals surface area contributed by atoms with Gasteiger partial charge >= 0.3 is 6.09 Å². The minimum atomic E-state index is -0.506. The Morgan fingerprint density at radius 1 is 1.32 bits per heavy atom. The maximum atomic E-state index is 13.0. The summed E-state index contributed by atoms with van der Waals surface area (Å²) in [4.78, 5) is 26.5. The molecule has 0 bridgehead atoms. The fraction of sp³-hybridized carbons (Fsp3) is 0.524. The molecule has 1 saturated heterocycles. The van der Waals surface area contributed by atoms with Crippen LogP contribution < -0.4 is 0 Å². The summed E-state index contributed by atoms with van der Waals surface area (Å²) in [6.07, 6.45) is 7.77. The van der Waals surface area contributed by atoms with Gasteiger partial charge in [0.25, 0.3) is 0 Å². The SMILES string of the molecule is C=CCC(CCCCCC)C(=O)N1C(=O)OC[C@H]1Cc1ccccc1. The zero-order valence-corrected chi connectivity index (χ0v) is 15.2. The Labute approximate surface area is 150 Å². The summed E-state index contributed by atoms with van der Waals surface area (Å²) >= 11 is 0. The Bertz CT molecular complexity index is 570. The first-order valence-corrected chi connectivity index (χ1v) is 9.32. The second-order valence-corrected chi connectivity index (χ2v) is 6.70. The van der Waals surface area contributed by atoms with Crippen molar-refractivity contribution in [2.75, 3.05) is 6.61 Å². The molecule has 0 aromatic heterocycles. The molecular formula is C21H29NO3. The van der Waals surface area contributed by atoms with Crippen molar-refractivity contribution in [1.29, 1.82) is 0 Å². The van der Waals surface area contributed by atoms with Crippen LogP contribution in [0.1, 0.15) is 51.0 Å². The zero-order chi connectivity index (χ0) is 18.1. The number of unbranched alkanes of at least 4 members (excludes halogenated alkanes) is 3. The monoisotopic (exact) mass is 343 g/mol. The molecule has 1 aromatic rings. The highest BCUT2D eigenvalue weighted by atomic mass is 16.6. The maximum Gasteiger partial charge on any atom is 0.416 e. The Kier molecular flexibility index (Phi) is 7.71. The first-order valence-electron chi connectivity index (χ1n) is 9.32. The van der Waals surface area contributed by atoms with E-state index in [1.54, 1.807) is 6.08 Å².